The molecule has 1 aromatic carbocycles. The number of methoxy groups -OCH3 is 1. The molecule has 1 amide bonds. The topological polar surface area (TPSA) is 66.1 Å². The van der Waals surface area contributed by atoms with E-state index in [2.05, 4.69) is 15.6 Å². The second-order valence-electron chi connectivity index (χ2n) is 5.70. The minimum absolute atomic E-state index is 0. The third-order valence-corrected chi connectivity index (χ3v) is 4.27. The largest absolute Gasteiger partial charge is 0.384 e. The number of benzene rings is 1. The van der Waals surface area contributed by atoms with E-state index in [1.54, 1.807) is 7.11 Å². The molecule has 5 nitrogen and oxygen atoms in total. The van der Waals surface area contributed by atoms with Crippen LogP contribution in [-0.2, 0) is 9.53 Å². The molecule has 0 spiro atoms. The summed E-state index contributed by atoms with van der Waals surface area (Å²) >= 11 is 0. The van der Waals surface area contributed by atoms with Gasteiger partial charge in [0.1, 0.15) is 0 Å². The normalized spacial score (nSPS) is 17.0. The molecule has 0 atom stereocenters. The van der Waals surface area contributed by atoms with Crippen LogP contribution in [0, 0.1) is 5.41 Å². The van der Waals surface area contributed by atoms with E-state index < -0.39 is 5.41 Å². The van der Waals surface area contributed by atoms with Crippen molar-refractivity contribution in [3.05, 3.63) is 30.5 Å². The van der Waals surface area contributed by atoms with Gasteiger partial charge in [0.05, 0.1) is 12.0 Å². The molecular weight excluding hydrogens is 302 g/mol. The van der Waals surface area contributed by atoms with Gasteiger partial charge < -0.3 is 20.4 Å². The number of anilines is 1. The van der Waals surface area contributed by atoms with Crippen molar-refractivity contribution in [3.63, 3.8) is 0 Å². The summed E-state index contributed by atoms with van der Waals surface area (Å²) in [4.78, 5) is 15.9. The Morgan fingerprint density at radius 1 is 1.32 bits per heavy atom. The molecule has 3 N–H and O–H groups in total. The minimum atomic E-state index is -0.424. The van der Waals surface area contributed by atoms with E-state index in [9.17, 15) is 4.79 Å². The van der Waals surface area contributed by atoms with Crippen LogP contribution >= 0.6 is 12.4 Å². The first-order chi connectivity index (χ1) is 10.2. The fourth-order valence-corrected chi connectivity index (χ4v) is 3.01. The Balaban J connectivity index is 0.00000176. The van der Waals surface area contributed by atoms with Crippen molar-refractivity contribution in [3.8, 4) is 0 Å². The van der Waals surface area contributed by atoms with Gasteiger partial charge in [-0.15, -0.1) is 12.4 Å². The number of rotatable bonds is 4. The number of aromatic amines is 1. The minimum Gasteiger partial charge on any atom is -0.384 e. The van der Waals surface area contributed by atoms with E-state index in [0.717, 1.165) is 42.5 Å². The number of nitrogens with one attached hydrogen (secondary N) is 3. The van der Waals surface area contributed by atoms with Gasteiger partial charge in [-0.05, 0) is 50.2 Å². The first-order valence-electron chi connectivity index (χ1n) is 7.32. The Hall–Kier alpha value is -1.56. The number of piperidine rings is 1. The average molecular weight is 324 g/mol. The molecule has 1 aliphatic rings. The predicted octanol–water partition coefficient (Wildman–Crippen LogP) is 2.54. The molecule has 2 aromatic rings. The van der Waals surface area contributed by atoms with Crippen LogP contribution in [0.3, 0.4) is 0 Å². The maximum atomic E-state index is 12.7. The third-order valence-electron chi connectivity index (χ3n) is 4.27. The molecule has 0 radical (unpaired) electrons. The molecule has 1 aliphatic heterocycles. The Morgan fingerprint density at radius 3 is 2.82 bits per heavy atom. The smallest absolute Gasteiger partial charge is 0.233 e. The van der Waals surface area contributed by atoms with Crippen LogP contribution in [0.15, 0.2) is 30.5 Å². The lowest BCUT2D eigenvalue weighted by Crippen LogP contribution is -2.47. The maximum Gasteiger partial charge on any atom is 0.233 e. The number of halogens is 1. The number of aromatic nitrogens is 1. The number of hydrogen-bond acceptors (Lipinski definition) is 3. The fraction of sp³-hybridized carbons (Fsp3) is 0.438. The van der Waals surface area contributed by atoms with Gasteiger partial charge in [-0.25, -0.2) is 0 Å². The van der Waals surface area contributed by atoms with Crippen LogP contribution in [-0.4, -0.2) is 37.7 Å². The molecule has 3 rings (SSSR count). The van der Waals surface area contributed by atoms with E-state index in [0.29, 0.717) is 6.61 Å². The standard InChI is InChI=1S/C16H21N3O2.ClH/c1-21-11-16(5-8-17-9-6-16)15(20)19-13-2-3-14-12(10-13)4-7-18-14;/h2-4,7,10,17-18H,5-6,8-9,11H2,1H3,(H,19,20);1H. The highest BCUT2D eigenvalue weighted by Gasteiger charge is 2.39. The SMILES string of the molecule is COCC1(C(=O)Nc2ccc3[nH]ccc3c2)CCNCC1.Cl. The molecule has 0 aliphatic carbocycles. The molecule has 120 valence electrons. The van der Waals surface area contributed by atoms with Crippen molar-refractivity contribution in [1.29, 1.82) is 0 Å². The Bertz CT molecular complexity index is 630. The highest BCUT2D eigenvalue weighted by atomic mass is 35.5. The number of carbonyl (C=O) groups excluding carboxylic acids is 1. The van der Waals surface area contributed by atoms with Crippen LogP contribution < -0.4 is 10.6 Å². The van der Waals surface area contributed by atoms with Gasteiger partial charge in [-0.3, -0.25) is 4.79 Å². The molecule has 6 heteroatoms. The number of ether oxygens (including phenoxy) is 1. The van der Waals surface area contributed by atoms with E-state index >= 15 is 0 Å². The van der Waals surface area contributed by atoms with Crippen molar-refractivity contribution in [2.45, 2.75) is 12.8 Å². The van der Waals surface area contributed by atoms with Crippen molar-refractivity contribution in [1.82, 2.24) is 10.3 Å². The van der Waals surface area contributed by atoms with Gasteiger partial charge in [0, 0.05) is 29.9 Å². The summed E-state index contributed by atoms with van der Waals surface area (Å²) in [6.45, 7) is 2.17. The van der Waals surface area contributed by atoms with Gasteiger partial charge in [-0.2, -0.15) is 0 Å². The van der Waals surface area contributed by atoms with Crippen LogP contribution in [0.4, 0.5) is 5.69 Å². The quantitative estimate of drug-likeness (QED) is 0.810. The zero-order valence-electron chi connectivity index (χ0n) is 12.6. The summed E-state index contributed by atoms with van der Waals surface area (Å²) < 4.78 is 5.31. The van der Waals surface area contributed by atoms with Crippen molar-refractivity contribution >= 4 is 34.9 Å². The van der Waals surface area contributed by atoms with Gasteiger partial charge in [0.25, 0.3) is 0 Å². The monoisotopic (exact) mass is 323 g/mol. The number of fused-ring (bicyclic) bond motifs is 1. The lowest BCUT2D eigenvalue weighted by molar-refractivity contribution is -0.130. The number of hydrogen-bond donors (Lipinski definition) is 3. The lowest BCUT2D eigenvalue weighted by atomic mass is 9.78. The van der Waals surface area contributed by atoms with Gasteiger partial charge >= 0.3 is 0 Å². The number of carbonyl (C=O) groups is 1. The summed E-state index contributed by atoms with van der Waals surface area (Å²) in [5, 5.41) is 7.45. The zero-order chi connectivity index (χ0) is 14.7. The molecule has 1 fully saturated rings. The van der Waals surface area contributed by atoms with Gasteiger partial charge in [0.2, 0.25) is 5.91 Å². The number of amides is 1. The molecular formula is C16H22ClN3O2. The molecule has 2 heterocycles. The van der Waals surface area contributed by atoms with Crippen molar-refractivity contribution < 1.29 is 9.53 Å². The molecule has 1 saturated heterocycles. The Morgan fingerprint density at radius 2 is 2.09 bits per heavy atom. The van der Waals surface area contributed by atoms with Crippen LogP contribution in [0.1, 0.15) is 12.8 Å². The molecule has 1 aromatic heterocycles. The van der Waals surface area contributed by atoms with E-state index in [-0.39, 0.29) is 18.3 Å². The van der Waals surface area contributed by atoms with Crippen LogP contribution in [0.25, 0.3) is 10.9 Å². The van der Waals surface area contributed by atoms with E-state index in [1.807, 2.05) is 30.5 Å². The lowest BCUT2D eigenvalue weighted by Gasteiger charge is -2.35. The van der Waals surface area contributed by atoms with Crippen LogP contribution in [0.5, 0.6) is 0 Å². The zero-order valence-corrected chi connectivity index (χ0v) is 13.5. The maximum absolute atomic E-state index is 12.7. The molecule has 0 saturated carbocycles. The summed E-state index contributed by atoms with van der Waals surface area (Å²) in [6, 6.07) is 7.90. The Labute approximate surface area is 136 Å². The highest BCUT2D eigenvalue weighted by Crippen LogP contribution is 2.31. The first-order valence-corrected chi connectivity index (χ1v) is 7.32. The fourth-order valence-electron chi connectivity index (χ4n) is 3.01. The van der Waals surface area contributed by atoms with Crippen LogP contribution in [0.2, 0.25) is 0 Å². The first kappa shape index (κ1) is 16.8. The van der Waals surface area contributed by atoms with Crippen molar-refractivity contribution in [2.24, 2.45) is 5.41 Å². The summed E-state index contributed by atoms with van der Waals surface area (Å²) in [5.74, 6) is 0.0562. The van der Waals surface area contributed by atoms with Gasteiger partial charge in [0.15, 0.2) is 0 Å². The summed E-state index contributed by atoms with van der Waals surface area (Å²) in [5.41, 5.74) is 1.48. The second-order valence-corrected chi connectivity index (χ2v) is 5.70. The number of H-pyrrole nitrogens is 1. The third kappa shape index (κ3) is 3.27. The van der Waals surface area contributed by atoms with Gasteiger partial charge in [-0.1, -0.05) is 0 Å². The van der Waals surface area contributed by atoms with E-state index in [4.69, 9.17) is 4.74 Å². The average Bonchev–Trinajstić information content (AvgIpc) is 2.96. The Kier molecular flexibility index (Phi) is 5.45. The summed E-state index contributed by atoms with van der Waals surface area (Å²) in [7, 11) is 1.66. The predicted molar refractivity (Wildman–Crippen MR) is 90.6 cm³/mol. The molecule has 0 bridgehead atoms. The van der Waals surface area contributed by atoms with E-state index in [1.165, 1.54) is 0 Å². The van der Waals surface area contributed by atoms with Crippen molar-refractivity contribution in [2.75, 3.05) is 32.1 Å². The second kappa shape index (κ2) is 7.13. The highest BCUT2D eigenvalue weighted by molar-refractivity contribution is 5.97. The summed E-state index contributed by atoms with van der Waals surface area (Å²) in [6.07, 6.45) is 3.51. The molecule has 0 unspecified atom stereocenters. The molecule has 22 heavy (non-hydrogen) atoms.